The molecule has 12 rings (SSSR count). The summed E-state index contributed by atoms with van der Waals surface area (Å²) in [4.78, 5) is 0. The van der Waals surface area contributed by atoms with Gasteiger partial charge in [-0.05, 0) is 132 Å². The summed E-state index contributed by atoms with van der Waals surface area (Å²) in [7, 11) is 0. The van der Waals surface area contributed by atoms with Gasteiger partial charge in [0, 0.05) is 16.8 Å². The molecule has 0 fully saturated rings. The highest BCUT2D eigenvalue weighted by molar-refractivity contribution is 6.22. The molecule has 1 aromatic heterocycles. The molecule has 0 saturated carbocycles. The molecule has 2 nitrogen and oxygen atoms in total. The lowest BCUT2D eigenvalue weighted by Gasteiger charge is -2.31. The standard InChI is InChI=1S/C54H36N2/c1-33-51(34(2)56(55-33)38-18-4-3-5-19-38)53-44-24-10-8-22-42(44)52(43-23-9-11-25-45(43)53)37-28-29-41-46-30-35-16-6-7-17-36(35)31-50(46)54(49(41)32-37)47-26-14-12-20-39(47)40-21-13-15-27-48(40)54/h3-32H,1-2H3. The van der Waals surface area contributed by atoms with E-state index in [1.165, 1.54) is 99.1 Å². The summed E-state index contributed by atoms with van der Waals surface area (Å²) in [6.45, 7) is 4.36. The van der Waals surface area contributed by atoms with E-state index in [1.807, 2.05) is 0 Å². The number of benzene rings is 9. The molecule has 0 saturated heterocycles. The van der Waals surface area contributed by atoms with Crippen LogP contribution >= 0.6 is 0 Å². The normalized spacial score (nSPS) is 13.3. The number of para-hydroxylation sites is 1. The summed E-state index contributed by atoms with van der Waals surface area (Å²) in [5, 5.41) is 12.6. The first-order chi connectivity index (χ1) is 27.6. The van der Waals surface area contributed by atoms with Crippen LogP contribution in [0.4, 0.5) is 0 Å². The minimum atomic E-state index is -0.441. The van der Waals surface area contributed by atoms with Crippen molar-refractivity contribution in [3.63, 3.8) is 0 Å². The van der Waals surface area contributed by atoms with Crippen LogP contribution in [-0.4, -0.2) is 9.78 Å². The van der Waals surface area contributed by atoms with Crippen LogP contribution in [-0.2, 0) is 5.41 Å². The monoisotopic (exact) mass is 712 g/mol. The second kappa shape index (κ2) is 11.5. The molecule has 0 radical (unpaired) electrons. The van der Waals surface area contributed by atoms with E-state index >= 15 is 0 Å². The van der Waals surface area contributed by atoms with Crippen LogP contribution in [0.2, 0.25) is 0 Å². The van der Waals surface area contributed by atoms with Crippen LogP contribution in [0.1, 0.15) is 33.6 Å². The van der Waals surface area contributed by atoms with Gasteiger partial charge in [-0.2, -0.15) is 5.10 Å². The summed E-state index contributed by atoms with van der Waals surface area (Å²) in [5.74, 6) is 0. The second-order valence-electron chi connectivity index (χ2n) is 15.5. The third-order valence-electron chi connectivity index (χ3n) is 12.7. The maximum Gasteiger partial charge on any atom is 0.0725 e. The predicted molar refractivity (Wildman–Crippen MR) is 233 cm³/mol. The van der Waals surface area contributed by atoms with Crippen LogP contribution < -0.4 is 0 Å². The number of rotatable bonds is 3. The summed E-state index contributed by atoms with van der Waals surface area (Å²) < 4.78 is 2.10. The van der Waals surface area contributed by atoms with Gasteiger partial charge in [0.05, 0.1) is 16.8 Å². The lowest BCUT2D eigenvalue weighted by Crippen LogP contribution is -2.25. The Hall–Kier alpha value is -7.03. The molecule has 2 heteroatoms. The van der Waals surface area contributed by atoms with Crippen molar-refractivity contribution in [1.82, 2.24) is 9.78 Å². The molecule has 9 aromatic carbocycles. The van der Waals surface area contributed by atoms with Gasteiger partial charge in [0.25, 0.3) is 0 Å². The van der Waals surface area contributed by atoms with E-state index in [1.54, 1.807) is 0 Å². The van der Waals surface area contributed by atoms with Crippen molar-refractivity contribution in [2.75, 3.05) is 0 Å². The summed E-state index contributed by atoms with van der Waals surface area (Å²) in [5.41, 5.74) is 18.5. The maximum absolute atomic E-state index is 5.12. The topological polar surface area (TPSA) is 17.8 Å². The van der Waals surface area contributed by atoms with Crippen molar-refractivity contribution >= 4 is 32.3 Å². The van der Waals surface area contributed by atoms with Gasteiger partial charge >= 0.3 is 0 Å². The van der Waals surface area contributed by atoms with E-state index in [4.69, 9.17) is 5.10 Å². The summed E-state index contributed by atoms with van der Waals surface area (Å²) >= 11 is 0. The molecule has 0 bridgehead atoms. The maximum atomic E-state index is 5.12. The van der Waals surface area contributed by atoms with Crippen LogP contribution in [0.25, 0.3) is 82.5 Å². The van der Waals surface area contributed by atoms with Gasteiger partial charge in [0.1, 0.15) is 0 Å². The first kappa shape index (κ1) is 31.3. The fourth-order valence-electron chi connectivity index (χ4n) is 10.5. The summed E-state index contributed by atoms with van der Waals surface area (Å²) in [6, 6.07) is 67.7. The van der Waals surface area contributed by atoms with Crippen molar-refractivity contribution in [2.24, 2.45) is 0 Å². The molecule has 1 heterocycles. The largest absolute Gasteiger partial charge is 0.237 e. The van der Waals surface area contributed by atoms with Gasteiger partial charge in [-0.3, -0.25) is 0 Å². The molecule has 0 amide bonds. The number of aryl methyl sites for hydroxylation is 1. The fraction of sp³-hybridized carbons (Fsp3) is 0.0556. The quantitative estimate of drug-likeness (QED) is 0.167. The van der Waals surface area contributed by atoms with Crippen molar-refractivity contribution < 1.29 is 0 Å². The van der Waals surface area contributed by atoms with E-state index in [0.717, 1.165) is 17.1 Å². The Morgan fingerprint density at radius 2 is 0.893 bits per heavy atom. The number of hydrogen-bond acceptors (Lipinski definition) is 1. The molecule has 2 aliphatic rings. The Morgan fingerprint density at radius 3 is 1.54 bits per heavy atom. The first-order valence-corrected chi connectivity index (χ1v) is 19.6. The number of fused-ring (bicyclic) bond motifs is 13. The van der Waals surface area contributed by atoms with Crippen LogP contribution in [0.15, 0.2) is 182 Å². The Morgan fingerprint density at radius 1 is 0.393 bits per heavy atom. The zero-order chi connectivity index (χ0) is 37.1. The third-order valence-corrected chi connectivity index (χ3v) is 12.7. The highest BCUT2D eigenvalue weighted by Crippen LogP contribution is 2.63. The zero-order valence-corrected chi connectivity index (χ0v) is 31.2. The van der Waals surface area contributed by atoms with Gasteiger partial charge in [-0.15, -0.1) is 0 Å². The van der Waals surface area contributed by atoms with E-state index < -0.39 is 5.41 Å². The molecule has 2 aliphatic carbocycles. The SMILES string of the molecule is Cc1nn(-c2ccccc2)c(C)c1-c1c2ccccc2c(-c2ccc3c(c2)C2(c4ccccc4-c4ccccc42)c2cc4ccccc4cc2-3)c2ccccc12. The van der Waals surface area contributed by atoms with Crippen molar-refractivity contribution in [1.29, 1.82) is 0 Å². The molecular formula is C54H36N2. The second-order valence-corrected chi connectivity index (χ2v) is 15.5. The van der Waals surface area contributed by atoms with E-state index in [-0.39, 0.29) is 0 Å². The number of nitrogens with zero attached hydrogens (tertiary/aromatic N) is 2. The van der Waals surface area contributed by atoms with Gasteiger partial charge in [0.15, 0.2) is 0 Å². The lowest BCUT2D eigenvalue weighted by atomic mass is 9.70. The average molecular weight is 713 g/mol. The zero-order valence-electron chi connectivity index (χ0n) is 31.2. The molecular weight excluding hydrogens is 677 g/mol. The van der Waals surface area contributed by atoms with Gasteiger partial charge < -0.3 is 0 Å². The van der Waals surface area contributed by atoms with Crippen LogP contribution in [0, 0.1) is 13.8 Å². The molecule has 0 N–H and O–H groups in total. The van der Waals surface area contributed by atoms with Crippen molar-refractivity contribution in [2.45, 2.75) is 19.3 Å². The average Bonchev–Trinajstić information content (AvgIpc) is 3.83. The molecule has 0 unspecified atom stereocenters. The van der Waals surface area contributed by atoms with E-state index in [2.05, 4.69) is 201 Å². The number of hydrogen-bond donors (Lipinski definition) is 0. The van der Waals surface area contributed by atoms with Gasteiger partial charge in [-0.1, -0.05) is 152 Å². The highest BCUT2D eigenvalue weighted by Gasteiger charge is 2.51. The Labute approximate surface area is 326 Å². The highest BCUT2D eigenvalue weighted by atomic mass is 15.3. The number of aromatic nitrogens is 2. The molecule has 1 spiro atoms. The van der Waals surface area contributed by atoms with Gasteiger partial charge in [0.2, 0.25) is 0 Å². The van der Waals surface area contributed by atoms with Gasteiger partial charge in [-0.25, -0.2) is 4.68 Å². The van der Waals surface area contributed by atoms with Crippen LogP contribution in [0.3, 0.4) is 0 Å². The molecule has 0 atom stereocenters. The Balaban J connectivity index is 1.17. The molecule has 262 valence electrons. The first-order valence-electron chi connectivity index (χ1n) is 19.6. The molecule has 0 aliphatic heterocycles. The van der Waals surface area contributed by atoms with E-state index in [0.29, 0.717) is 0 Å². The predicted octanol–water partition coefficient (Wildman–Crippen LogP) is 13.6. The van der Waals surface area contributed by atoms with Crippen molar-refractivity contribution in [3.05, 3.63) is 216 Å². The Kier molecular flexibility index (Phi) is 6.43. The van der Waals surface area contributed by atoms with E-state index in [9.17, 15) is 0 Å². The summed E-state index contributed by atoms with van der Waals surface area (Å²) in [6.07, 6.45) is 0. The fourth-order valence-corrected chi connectivity index (χ4v) is 10.5. The minimum Gasteiger partial charge on any atom is -0.237 e. The minimum absolute atomic E-state index is 0.441. The third kappa shape index (κ3) is 4.03. The lowest BCUT2D eigenvalue weighted by molar-refractivity contribution is 0.795. The smallest absolute Gasteiger partial charge is 0.0725 e. The van der Waals surface area contributed by atoms with Crippen molar-refractivity contribution in [3.8, 4) is 50.2 Å². The van der Waals surface area contributed by atoms with Crippen LogP contribution in [0.5, 0.6) is 0 Å². The Bertz CT molecular complexity index is 3170. The molecule has 10 aromatic rings. The molecule has 56 heavy (non-hydrogen) atoms.